The molecule has 0 radical (unpaired) electrons. The first-order valence-corrected chi connectivity index (χ1v) is 14.5. The standard InChI is InChI=1S/C32H30Cl3NO5/c1-17(12-19(3)31(37)38)11-18(2)21-14-32(39,15-21)24-10-9-22(13-27(24)35)40-16-23-29(36-41-30(23)20-7-8-20)28-25(33)5-4-6-26(28)34/h4-6,9-13,20-21,39H,2,7-8,14-16H2,1,3H3,(H,37,38)/b17-11-,19-12+/t21-,32-. The summed E-state index contributed by atoms with van der Waals surface area (Å²) in [7, 11) is 0. The molecule has 0 bridgehead atoms. The molecule has 1 heterocycles. The fourth-order valence-electron chi connectivity index (χ4n) is 5.26. The summed E-state index contributed by atoms with van der Waals surface area (Å²) in [6.07, 6.45) is 6.44. The number of rotatable bonds is 10. The third-order valence-electron chi connectivity index (χ3n) is 7.68. The molecule has 214 valence electrons. The molecule has 2 fully saturated rings. The fraction of sp³-hybridized carbons (Fsp3) is 0.312. The number of aliphatic carboxylic acids is 1. The number of hydrogen-bond donors (Lipinski definition) is 2. The predicted molar refractivity (Wildman–Crippen MR) is 161 cm³/mol. The molecule has 0 spiro atoms. The maximum atomic E-state index is 11.3. The van der Waals surface area contributed by atoms with Crippen LogP contribution in [0.4, 0.5) is 0 Å². The van der Waals surface area contributed by atoms with Gasteiger partial charge in [0, 0.05) is 22.6 Å². The quantitative estimate of drug-likeness (QED) is 0.175. The number of aliphatic hydroxyl groups is 1. The van der Waals surface area contributed by atoms with E-state index in [-0.39, 0.29) is 18.1 Å². The van der Waals surface area contributed by atoms with Crippen molar-refractivity contribution in [1.82, 2.24) is 5.16 Å². The van der Waals surface area contributed by atoms with E-state index >= 15 is 0 Å². The summed E-state index contributed by atoms with van der Waals surface area (Å²) < 4.78 is 11.9. The molecule has 0 aliphatic heterocycles. The summed E-state index contributed by atoms with van der Waals surface area (Å²) in [6.45, 7) is 7.70. The van der Waals surface area contributed by atoms with Crippen molar-refractivity contribution < 1.29 is 24.3 Å². The van der Waals surface area contributed by atoms with Gasteiger partial charge in [-0.05, 0) is 75.8 Å². The van der Waals surface area contributed by atoms with E-state index in [1.165, 1.54) is 0 Å². The van der Waals surface area contributed by atoms with Crippen molar-refractivity contribution in [3.63, 3.8) is 0 Å². The highest BCUT2D eigenvalue weighted by atomic mass is 35.5. The Kier molecular flexibility index (Phi) is 8.40. The van der Waals surface area contributed by atoms with Crippen LogP contribution in [0, 0.1) is 5.92 Å². The molecule has 2 aromatic carbocycles. The van der Waals surface area contributed by atoms with Crippen LogP contribution in [0.15, 0.2) is 76.4 Å². The minimum Gasteiger partial charge on any atom is -0.489 e. The Morgan fingerprint density at radius 2 is 1.80 bits per heavy atom. The lowest BCUT2D eigenvalue weighted by Gasteiger charge is -2.45. The molecule has 0 saturated heterocycles. The SMILES string of the molecule is C=C(/C=C(C)\C=C(/C)C(=O)O)[C@H]1C[C@@](O)(c2ccc(OCc3c(-c4c(Cl)cccc4Cl)noc3C3CC3)cc2Cl)C1. The number of benzene rings is 2. The van der Waals surface area contributed by atoms with E-state index < -0.39 is 11.6 Å². The summed E-state index contributed by atoms with van der Waals surface area (Å²) in [5, 5.41) is 26.0. The smallest absolute Gasteiger partial charge is 0.331 e. The molecule has 2 aliphatic carbocycles. The van der Waals surface area contributed by atoms with E-state index in [4.69, 9.17) is 49.2 Å². The lowest BCUT2D eigenvalue weighted by Crippen LogP contribution is -2.41. The lowest BCUT2D eigenvalue weighted by molar-refractivity contribution is -0.132. The molecule has 0 amide bonds. The van der Waals surface area contributed by atoms with Crippen LogP contribution in [0.3, 0.4) is 0 Å². The van der Waals surface area contributed by atoms with Gasteiger partial charge in [0.2, 0.25) is 0 Å². The topological polar surface area (TPSA) is 92.8 Å². The molecular formula is C32H30Cl3NO5. The largest absolute Gasteiger partial charge is 0.489 e. The maximum Gasteiger partial charge on any atom is 0.331 e. The number of aromatic nitrogens is 1. The zero-order chi connectivity index (χ0) is 29.5. The minimum absolute atomic E-state index is 0.0602. The fourth-order valence-corrected chi connectivity index (χ4v) is 6.18. The van der Waals surface area contributed by atoms with Crippen molar-refractivity contribution in [2.24, 2.45) is 5.92 Å². The molecule has 0 atom stereocenters. The van der Waals surface area contributed by atoms with Gasteiger partial charge in [0.25, 0.3) is 0 Å². The number of nitrogens with zero attached hydrogens (tertiary/aromatic N) is 1. The van der Waals surface area contributed by atoms with Gasteiger partial charge >= 0.3 is 5.97 Å². The van der Waals surface area contributed by atoms with E-state index in [2.05, 4.69) is 11.7 Å². The van der Waals surface area contributed by atoms with Crippen LogP contribution in [0.25, 0.3) is 11.3 Å². The van der Waals surface area contributed by atoms with Crippen LogP contribution in [0.5, 0.6) is 5.75 Å². The Balaban J connectivity index is 1.28. The van der Waals surface area contributed by atoms with Crippen molar-refractivity contribution in [2.45, 2.75) is 57.7 Å². The molecule has 2 aliphatic rings. The Hall–Kier alpha value is -3.03. The van der Waals surface area contributed by atoms with Gasteiger partial charge in [-0.3, -0.25) is 0 Å². The van der Waals surface area contributed by atoms with E-state index in [1.54, 1.807) is 49.4 Å². The molecule has 0 unspecified atom stereocenters. The first kappa shape index (κ1) is 29.5. The van der Waals surface area contributed by atoms with Crippen molar-refractivity contribution in [2.75, 3.05) is 0 Å². The summed E-state index contributed by atoms with van der Waals surface area (Å²) in [6, 6.07) is 10.6. The van der Waals surface area contributed by atoms with Crippen LogP contribution in [0.1, 0.15) is 62.3 Å². The van der Waals surface area contributed by atoms with Crippen LogP contribution in [-0.4, -0.2) is 21.3 Å². The van der Waals surface area contributed by atoms with Gasteiger partial charge in [-0.25, -0.2) is 4.79 Å². The highest BCUT2D eigenvalue weighted by Gasteiger charge is 2.45. The van der Waals surface area contributed by atoms with Gasteiger partial charge in [0.1, 0.15) is 23.8 Å². The van der Waals surface area contributed by atoms with Crippen molar-refractivity contribution in [3.8, 4) is 17.0 Å². The summed E-state index contributed by atoms with van der Waals surface area (Å²) in [4.78, 5) is 11.1. The van der Waals surface area contributed by atoms with Crippen molar-refractivity contribution >= 4 is 40.8 Å². The second-order valence-electron chi connectivity index (χ2n) is 10.9. The van der Waals surface area contributed by atoms with E-state index in [0.29, 0.717) is 56.4 Å². The normalized spacial score (nSPS) is 21.0. The van der Waals surface area contributed by atoms with Gasteiger partial charge in [0.05, 0.1) is 26.2 Å². The van der Waals surface area contributed by atoms with Crippen LogP contribution >= 0.6 is 34.8 Å². The Labute approximate surface area is 253 Å². The van der Waals surface area contributed by atoms with Gasteiger partial charge in [-0.2, -0.15) is 0 Å². The number of ether oxygens (including phenoxy) is 1. The van der Waals surface area contributed by atoms with E-state index in [1.807, 2.05) is 13.0 Å². The van der Waals surface area contributed by atoms with E-state index in [0.717, 1.165) is 35.3 Å². The van der Waals surface area contributed by atoms with Crippen LogP contribution in [-0.2, 0) is 17.0 Å². The molecular weight excluding hydrogens is 585 g/mol. The van der Waals surface area contributed by atoms with Crippen molar-refractivity contribution in [3.05, 3.63) is 104 Å². The first-order valence-electron chi connectivity index (χ1n) is 13.3. The minimum atomic E-state index is -1.08. The summed E-state index contributed by atoms with van der Waals surface area (Å²) in [5.74, 6) is 0.727. The third kappa shape index (κ3) is 6.26. The number of carbonyl (C=O) groups is 1. The molecule has 2 saturated carbocycles. The van der Waals surface area contributed by atoms with Crippen LogP contribution < -0.4 is 4.74 Å². The third-order valence-corrected chi connectivity index (χ3v) is 8.62. The average Bonchev–Trinajstić information content (AvgIpc) is 3.65. The monoisotopic (exact) mass is 613 g/mol. The number of hydrogen-bond acceptors (Lipinski definition) is 5. The zero-order valence-corrected chi connectivity index (χ0v) is 25.0. The van der Waals surface area contributed by atoms with Gasteiger partial charge in [-0.15, -0.1) is 0 Å². The van der Waals surface area contributed by atoms with Crippen LogP contribution in [0.2, 0.25) is 15.1 Å². The number of allylic oxidation sites excluding steroid dienone is 4. The molecule has 2 N–H and O–H groups in total. The zero-order valence-electron chi connectivity index (χ0n) is 22.7. The Bertz CT molecular complexity index is 1560. The molecule has 9 heteroatoms. The van der Waals surface area contributed by atoms with Gasteiger partial charge in [0.15, 0.2) is 0 Å². The van der Waals surface area contributed by atoms with Gasteiger partial charge < -0.3 is 19.5 Å². The molecule has 6 nitrogen and oxygen atoms in total. The highest BCUT2D eigenvalue weighted by molar-refractivity contribution is 6.39. The summed E-state index contributed by atoms with van der Waals surface area (Å²) in [5.41, 5.74) is 3.41. The molecule has 1 aromatic heterocycles. The number of carboxylic acid groups (broad SMARTS) is 1. The second-order valence-corrected chi connectivity index (χ2v) is 12.1. The summed E-state index contributed by atoms with van der Waals surface area (Å²) >= 11 is 19.6. The number of halogens is 3. The predicted octanol–water partition coefficient (Wildman–Crippen LogP) is 8.89. The van der Waals surface area contributed by atoms with Gasteiger partial charge in [-0.1, -0.05) is 75.9 Å². The molecule has 41 heavy (non-hydrogen) atoms. The van der Waals surface area contributed by atoms with Crippen molar-refractivity contribution in [1.29, 1.82) is 0 Å². The Morgan fingerprint density at radius 1 is 1.12 bits per heavy atom. The second kappa shape index (κ2) is 11.7. The Morgan fingerprint density at radius 3 is 2.41 bits per heavy atom. The average molecular weight is 615 g/mol. The first-order chi connectivity index (χ1) is 19.5. The number of carboxylic acids is 1. The maximum absolute atomic E-state index is 11.3. The van der Waals surface area contributed by atoms with E-state index in [9.17, 15) is 9.90 Å². The molecule has 3 aromatic rings. The highest BCUT2D eigenvalue weighted by Crippen LogP contribution is 2.51. The molecule has 5 rings (SSSR count). The lowest BCUT2D eigenvalue weighted by atomic mass is 9.64.